The van der Waals surface area contributed by atoms with E-state index in [4.69, 9.17) is 4.74 Å². The molecule has 1 heterocycles. The van der Waals surface area contributed by atoms with E-state index >= 15 is 0 Å². The third-order valence-corrected chi connectivity index (χ3v) is 3.18. The Labute approximate surface area is 111 Å². The SMILES string of the molecule is CNc1nnc(-c2cc(F)ccc2OC)c(C)c1C. The summed E-state index contributed by atoms with van der Waals surface area (Å²) in [5.41, 5.74) is 3.17. The molecule has 0 radical (unpaired) electrons. The Morgan fingerprint density at radius 2 is 1.89 bits per heavy atom. The number of nitrogens with zero attached hydrogens (tertiary/aromatic N) is 2. The maximum Gasteiger partial charge on any atom is 0.151 e. The zero-order chi connectivity index (χ0) is 14.0. The van der Waals surface area contributed by atoms with Crippen LogP contribution in [0.5, 0.6) is 5.75 Å². The third-order valence-electron chi connectivity index (χ3n) is 3.18. The van der Waals surface area contributed by atoms with Crippen LogP contribution in [-0.4, -0.2) is 24.4 Å². The van der Waals surface area contributed by atoms with Crippen molar-refractivity contribution in [3.8, 4) is 17.0 Å². The number of benzene rings is 1. The second-order valence-electron chi connectivity index (χ2n) is 4.24. The van der Waals surface area contributed by atoms with Gasteiger partial charge in [-0.25, -0.2) is 4.39 Å². The van der Waals surface area contributed by atoms with Gasteiger partial charge in [0.1, 0.15) is 17.3 Å². The number of hydrogen-bond donors (Lipinski definition) is 1. The van der Waals surface area contributed by atoms with E-state index in [-0.39, 0.29) is 5.82 Å². The van der Waals surface area contributed by atoms with Gasteiger partial charge in [0, 0.05) is 12.6 Å². The predicted octanol–water partition coefficient (Wildman–Crippen LogP) is 2.95. The van der Waals surface area contributed by atoms with Crippen LogP contribution in [0, 0.1) is 19.7 Å². The first-order valence-corrected chi connectivity index (χ1v) is 5.94. The van der Waals surface area contributed by atoms with Crippen LogP contribution in [0.25, 0.3) is 11.3 Å². The van der Waals surface area contributed by atoms with E-state index in [9.17, 15) is 4.39 Å². The zero-order valence-corrected chi connectivity index (χ0v) is 11.4. The van der Waals surface area contributed by atoms with E-state index in [2.05, 4.69) is 15.5 Å². The van der Waals surface area contributed by atoms with Crippen LogP contribution in [0.3, 0.4) is 0 Å². The van der Waals surface area contributed by atoms with E-state index in [1.54, 1.807) is 20.2 Å². The fraction of sp³-hybridized carbons (Fsp3) is 0.286. The molecule has 0 spiro atoms. The fourth-order valence-electron chi connectivity index (χ4n) is 1.96. The molecule has 0 atom stereocenters. The van der Waals surface area contributed by atoms with Crippen LogP contribution in [-0.2, 0) is 0 Å². The lowest BCUT2D eigenvalue weighted by molar-refractivity contribution is 0.415. The Hall–Kier alpha value is -2.17. The summed E-state index contributed by atoms with van der Waals surface area (Å²) >= 11 is 0. The monoisotopic (exact) mass is 261 g/mol. The smallest absolute Gasteiger partial charge is 0.151 e. The summed E-state index contributed by atoms with van der Waals surface area (Å²) in [5, 5.41) is 11.2. The topological polar surface area (TPSA) is 47.0 Å². The molecule has 0 fully saturated rings. The van der Waals surface area contributed by atoms with Gasteiger partial charge >= 0.3 is 0 Å². The van der Waals surface area contributed by atoms with Gasteiger partial charge in [0.2, 0.25) is 0 Å². The van der Waals surface area contributed by atoms with Crippen LogP contribution in [0.1, 0.15) is 11.1 Å². The molecule has 4 nitrogen and oxygen atoms in total. The van der Waals surface area contributed by atoms with Gasteiger partial charge in [-0.1, -0.05) is 0 Å². The second kappa shape index (κ2) is 5.22. The number of anilines is 1. The summed E-state index contributed by atoms with van der Waals surface area (Å²) in [4.78, 5) is 0. The Bertz CT molecular complexity index is 614. The average molecular weight is 261 g/mol. The molecule has 1 aromatic heterocycles. The normalized spacial score (nSPS) is 10.4. The molecule has 19 heavy (non-hydrogen) atoms. The number of aromatic nitrogens is 2. The average Bonchev–Trinajstić information content (AvgIpc) is 2.42. The predicted molar refractivity (Wildman–Crippen MR) is 73.0 cm³/mol. The second-order valence-corrected chi connectivity index (χ2v) is 4.24. The highest BCUT2D eigenvalue weighted by molar-refractivity contribution is 5.72. The minimum Gasteiger partial charge on any atom is -0.496 e. The number of hydrogen-bond acceptors (Lipinski definition) is 4. The molecule has 2 rings (SSSR count). The van der Waals surface area contributed by atoms with Crippen molar-refractivity contribution in [3.63, 3.8) is 0 Å². The van der Waals surface area contributed by atoms with E-state index in [1.165, 1.54) is 12.1 Å². The summed E-state index contributed by atoms with van der Waals surface area (Å²) < 4.78 is 18.7. The van der Waals surface area contributed by atoms with Crippen molar-refractivity contribution in [2.75, 3.05) is 19.5 Å². The van der Waals surface area contributed by atoms with Gasteiger partial charge in [0.15, 0.2) is 5.82 Å². The molecule has 0 unspecified atom stereocenters. The first-order chi connectivity index (χ1) is 9.08. The quantitative estimate of drug-likeness (QED) is 0.922. The fourth-order valence-corrected chi connectivity index (χ4v) is 1.96. The highest BCUT2D eigenvalue weighted by Gasteiger charge is 2.15. The van der Waals surface area contributed by atoms with Crippen LogP contribution in [0.15, 0.2) is 18.2 Å². The molecule has 1 N–H and O–H groups in total. The molecule has 0 bridgehead atoms. The third kappa shape index (κ3) is 2.36. The van der Waals surface area contributed by atoms with E-state index < -0.39 is 0 Å². The Balaban J connectivity index is 2.65. The van der Waals surface area contributed by atoms with Gasteiger partial charge in [-0.05, 0) is 43.2 Å². The Kier molecular flexibility index (Phi) is 3.64. The van der Waals surface area contributed by atoms with E-state index in [0.29, 0.717) is 17.0 Å². The highest BCUT2D eigenvalue weighted by atomic mass is 19.1. The van der Waals surface area contributed by atoms with Gasteiger partial charge in [0.25, 0.3) is 0 Å². The standard InChI is InChI=1S/C14H16FN3O/c1-8-9(2)14(16-3)18-17-13(8)11-7-10(15)5-6-12(11)19-4/h5-7H,1-4H3,(H,16,18). The van der Waals surface area contributed by atoms with Gasteiger partial charge in [-0.3, -0.25) is 0 Å². The first-order valence-electron chi connectivity index (χ1n) is 5.94. The summed E-state index contributed by atoms with van der Waals surface area (Å²) in [5.74, 6) is 0.972. The maximum absolute atomic E-state index is 13.4. The lowest BCUT2D eigenvalue weighted by Crippen LogP contribution is -2.03. The van der Waals surface area contributed by atoms with Crippen LogP contribution in [0.4, 0.5) is 10.2 Å². The van der Waals surface area contributed by atoms with E-state index in [1.807, 2.05) is 13.8 Å². The lowest BCUT2D eigenvalue weighted by atomic mass is 10.0. The molecule has 0 aliphatic carbocycles. The highest BCUT2D eigenvalue weighted by Crippen LogP contribution is 2.33. The molecule has 0 aliphatic rings. The van der Waals surface area contributed by atoms with Crippen molar-refractivity contribution in [1.29, 1.82) is 0 Å². The molecular weight excluding hydrogens is 245 g/mol. The van der Waals surface area contributed by atoms with Crippen molar-refractivity contribution in [1.82, 2.24) is 10.2 Å². The summed E-state index contributed by atoms with van der Waals surface area (Å²) in [6, 6.07) is 4.36. The molecule has 100 valence electrons. The van der Waals surface area contributed by atoms with Crippen LogP contribution >= 0.6 is 0 Å². The summed E-state index contributed by atoms with van der Waals surface area (Å²) in [7, 11) is 3.34. The van der Waals surface area contributed by atoms with Crippen molar-refractivity contribution in [2.45, 2.75) is 13.8 Å². The molecule has 1 aromatic carbocycles. The van der Waals surface area contributed by atoms with Gasteiger partial charge in [-0.15, -0.1) is 10.2 Å². The largest absolute Gasteiger partial charge is 0.496 e. The first kappa shape index (κ1) is 13.3. The van der Waals surface area contributed by atoms with Gasteiger partial charge in [0.05, 0.1) is 7.11 Å². The van der Waals surface area contributed by atoms with Crippen molar-refractivity contribution >= 4 is 5.82 Å². The van der Waals surface area contributed by atoms with Gasteiger partial charge < -0.3 is 10.1 Å². The molecule has 0 amide bonds. The van der Waals surface area contributed by atoms with Crippen molar-refractivity contribution in [3.05, 3.63) is 35.1 Å². The molecule has 5 heteroatoms. The minimum atomic E-state index is -0.327. The maximum atomic E-state index is 13.4. The van der Waals surface area contributed by atoms with Crippen molar-refractivity contribution < 1.29 is 9.13 Å². The summed E-state index contributed by atoms with van der Waals surface area (Å²) in [6.45, 7) is 3.88. The minimum absolute atomic E-state index is 0.327. The van der Waals surface area contributed by atoms with E-state index in [0.717, 1.165) is 16.9 Å². The van der Waals surface area contributed by atoms with Crippen LogP contribution < -0.4 is 10.1 Å². The summed E-state index contributed by atoms with van der Waals surface area (Å²) in [6.07, 6.45) is 0. The Morgan fingerprint density at radius 3 is 2.53 bits per heavy atom. The molecule has 0 aliphatic heterocycles. The molecule has 0 saturated carbocycles. The number of ether oxygens (including phenoxy) is 1. The van der Waals surface area contributed by atoms with Gasteiger partial charge in [-0.2, -0.15) is 0 Å². The molecule has 0 saturated heterocycles. The molecular formula is C14H16FN3O. The number of halogens is 1. The lowest BCUT2D eigenvalue weighted by Gasteiger charge is -2.13. The molecule has 2 aromatic rings. The zero-order valence-electron chi connectivity index (χ0n) is 11.4. The van der Waals surface area contributed by atoms with Crippen LogP contribution in [0.2, 0.25) is 0 Å². The number of methoxy groups -OCH3 is 1. The number of rotatable bonds is 3. The number of nitrogens with one attached hydrogen (secondary N) is 1. The Morgan fingerprint density at radius 1 is 1.16 bits per heavy atom. The van der Waals surface area contributed by atoms with Crippen molar-refractivity contribution in [2.24, 2.45) is 0 Å².